The van der Waals surface area contributed by atoms with Crippen LogP contribution in [-0.2, 0) is 4.79 Å². The second-order valence-electron chi connectivity index (χ2n) is 9.55. The number of ether oxygens (including phenoxy) is 1. The molecule has 2 aromatic rings. The molecule has 0 aromatic heterocycles. The molecule has 1 atom stereocenters. The number of likely N-dealkylation sites (tertiary alicyclic amines) is 1. The molecule has 1 fully saturated rings. The van der Waals surface area contributed by atoms with Crippen LogP contribution in [0.2, 0.25) is 0 Å². The highest BCUT2D eigenvalue weighted by Gasteiger charge is 2.31. The average molecular weight is 452 g/mol. The lowest BCUT2D eigenvalue weighted by Gasteiger charge is -2.29. The zero-order valence-electron chi connectivity index (χ0n) is 19.8. The van der Waals surface area contributed by atoms with E-state index >= 15 is 0 Å². The summed E-state index contributed by atoms with van der Waals surface area (Å²) in [5, 5.41) is 5.75. The van der Waals surface area contributed by atoms with E-state index in [2.05, 4.69) is 10.6 Å². The summed E-state index contributed by atoms with van der Waals surface area (Å²) in [6, 6.07) is 12.9. The van der Waals surface area contributed by atoms with Gasteiger partial charge in [-0.05, 0) is 61.1 Å². The number of carbonyl (C=O) groups is 3. The molecular formula is C26H33N3O4. The lowest BCUT2D eigenvalue weighted by atomic mass is 9.87. The maximum absolute atomic E-state index is 13.2. The van der Waals surface area contributed by atoms with Gasteiger partial charge in [0.25, 0.3) is 11.8 Å². The number of para-hydroxylation sites is 1. The summed E-state index contributed by atoms with van der Waals surface area (Å²) >= 11 is 0. The standard InChI is InChI=1S/C26H33N3O4/c1-26(2,3)17-22(25(32)29-15-7-8-16-29)28-24(31)20-9-5-6-10-21(20)27-23(30)18-11-13-19(33-4)14-12-18/h5-6,9-14,22H,7-8,15-17H2,1-4H3,(H,27,30)(H,28,31). The van der Waals surface area contributed by atoms with Crippen LogP contribution in [0.4, 0.5) is 5.69 Å². The highest BCUT2D eigenvalue weighted by Crippen LogP contribution is 2.24. The monoisotopic (exact) mass is 451 g/mol. The summed E-state index contributed by atoms with van der Waals surface area (Å²) < 4.78 is 5.13. The zero-order chi connectivity index (χ0) is 24.0. The molecule has 1 unspecified atom stereocenters. The number of carbonyl (C=O) groups excluding carboxylic acids is 3. The third-order valence-corrected chi connectivity index (χ3v) is 5.61. The predicted octanol–water partition coefficient (Wildman–Crippen LogP) is 4.10. The van der Waals surface area contributed by atoms with Gasteiger partial charge < -0.3 is 20.3 Å². The molecule has 3 amide bonds. The molecule has 1 aliphatic rings. The fourth-order valence-corrected chi connectivity index (χ4v) is 3.93. The number of methoxy groups -OCH3 is 1. The van der Waals surface area contributed by atoms with Crippen LogP contribution in [0.15, 0.2) is 48.5 Å². The van der Waals surface area contributed by atoms with E-state index < -0.39 is 6.04 Å². The van der Waals surface area contributed by atoms with Crippen LogP contribution in [0.3, 0.4) is 0 Å². The minimum absolute atomic E-state index is 0.0458. The van der Waals surface area contributed by atoms with Crippen molar-refractivity contribution in [3.63, 3.8) is 0 Å². The van der Waals surface area contributed by atoms with Gasteiger partial charge in [-0.15, -0.1) is 0 Å². The second-order valence-corrected chi connectivity index (χ2v) is 9.55. The molecule has 0 bridgehead atoms. The molecule has 1 heterocycles. The number of nitrogens with one attached hydrogen (secondary N) is 2. The molecule has 176 valence electrons. The first-order valence-corrected chi connectivity index (χ1v) is 11.3. The zero-order valence-corrected chi connectivity index (χ0v) is 19.8. The highest BCUT2D eigenvalue weighted by atomic mass is 16.5. The molecule has 2 N–H and O–H groups in total. The molecule has 0 saturated carbocycles. The molecule has 0 spiro atoms. The van der Waals surface area contributed by atoms with Gasteiger partial charge in [0.15, 0.2) is 0 Å². The Hall–Kier alpha value is -3.35. The van der Waals surface area contributed by atoms with Crippen molar-refractivity contribution in [3.8, 4) is 5.75 Å². The fourth-order valence-electron chi connectivity index (χ4n) is 3.93. The van der Waals surface area contributed by atoms with Crippen LogP contribution in [-0.4, -0.2) is 48.9 Å². The SMILES string of the molecule is COc1ccc(C(=O)Nc2ccccc2C(=O)NC(CC(C)(C)C)C(=O)N2CCCC2)cc1. The summed E-state index contributed by atoms with van der Waals surface area (Å²) in [6.45, 7) is 7.60. The van der Waals surface area contributed by atoms with Crippen LogP contribution < -0.4 is 15.4 Å². The Morgan fingerprint density at radius 2 is 1.61 bits per heavy atom. The van der Waals surface area contributed by atoms with Crippen LogP contribution in [0.5, 0.6) is 5.75 Å². The quantitative estimate of drug-likeness (QED) is 0.663. The Morgan fingerprint density at radius 1 is 0.970 bits per heavy atom. The molecule has 33 heavy (non-hydrogen) atoms. The molecule has 7 heteroatoms. The van der Waals surface area contributed by atoms with Crippen LogP contribution in [0.1, 0.15) is 60.7 Å². The molecule has 1 aliphatic heterocycles. The van der Waals surface area contributed by atoms with E-state index in [9.17, 15) is 14.4 Å². The van der Waals surface area contributed by atoms with Gasteiger partial charge in [0.1, 0.15) is 11.8 Å². The number of hydrogen-bond acceptors (Lipinski definition) is 4. The Bertz CT molecular complexity index is 989. The lowest BCUT2D eigenvalue weighted by Crippen LogP contribution is -2.49. The minimum atomic E-state index is -0.624. The van der Waals surface area contributed by atoms with Crippen molar-refractivity contribution in [2.75, 3.05) is 25.5 Å². The van der Waals surface area contributed by atoms with E-state index in [4.69, 9.17) is 4.74 Å². The predicted molar refractivity (Wildman–Crippen MR) is 129 cm³/mol. The van der Waals surface area contributed by atoms with Crippen LogP contribution in [0, 0.1) is 5.41 Å². The summed E-state index contributed by atoms with van der Waals surface area (Å²) in [5.41, 5.74) is 1.00. The molecule has 0 radical (unpaired) electrons. The van der Waals surface area contributed by atoms with Crippen LogP contribution in [0.25, 0.3) is 0 Å². The normalized spacial score (nSPS) is 14.5. The van der Waals surface area contributed by atoms with E-state index in [0.29, 0.717) is 29.0 Å². The second kappa shape index (κ2) is 10.5. The fraction of sp³-hybridized carbons (Fsp3) is 0.423. The van der Waals surface area contributed by atoms with E-state index in [1.165, 1.54) is 0 Å². The molecule has 7 nitrogen and oxygen atoms in total. The van der Waals surface area contributed by atoms with Gasteiger partial charge in [0.05, 0.1) is 18.4 Å². The molecule has 1 saturated heterocycles. The Balaban J connectivity index is 1.77. The van der Waals surface area contributed by atoms with Gasteiger partial charge in [-0.2, -0.15) is 0 Å². The highest BCUT2D eigenvalue weighted by molar-refractivity contribution is 6.09. The number of rotatable bonds is 7. The average Bonchev–Trinajstić information content (AvgIpc) is 3.32. The number of amides is 3. The van der Waals surface area contributed by atoms with Crippen molar-refractivity contribution >= 4 is 23.4 Å². The van der Waals surface area contributed by atoms with Gasteiger partial charge in [0, 0.05) is 18.7 Å². The maximum Gasteiger partial charge on any atom is 0.255 e. The van der Waals surface area contributed by atoms with E-state index in [1.54, 1.807) is 55.6 Å². The van der Waals surface area contributed by atoms with Crippen molar-refractivity contribution in [2.45, 2.75) is 46.1 Å². The summed E-state index contributed by atoms with van der Waals surface area (Å²) in [5.74, 6) is -0.117. The van der Waals surface area contributed by atoms with E-state index in [-0.39, 0.29) is 23.1 Å². The first kappa shape index (κ1) is 24.3. The van der Waals surface area contributed by atoms with Gasteiger partial charge in [0.2, 0.25) is 5.91 Å². The number of nitrogens with zero attached hydrogens (tertiary/aromatic N) is 1. The number of anilines is 1. The largest absolute Gasteiger partial charge is 0.497 e. The van der Waals surface area contributed by atoms with Gasteiger partial charge in [-0.1, -0.05) is 32.9 Å². The lowest BCUT2D eigenvalue weighted by molar-refractivity contribution is -0.132. The first-order valence-electron chi connectivity index (χ1n) is 11.3. The van der Waals surface area contributed by atoms with Crippen LogP contribution >= 0.6 is 0 Å². The van der Waals surface area contributed by atoms with Gasteiger partial charge >= 0.3 is 0 Å². The van der Waals surface area contributed by atoms with Crippen molar-refractivity contribution in [1.29, 1.82) is 0 Å². The Morgan fingerprint density at radius 3 is 2.21 bits per heavy atom. The van der Waals surface area contributed by atoms with Gasteiger partial charge in [-0.25, -0.2) is 0 Å². The topological polar surface area (TPSA) is 87.7 Å². The maximum atomic E-state index is 13.2. The smallest absolute Gasteiger partial charge is 0.255 e. The summed E-state index contributed by atoms with van der Waals surface area (Å²) in [6.07, 6.45) is 2.50. The minimum Gasteiger partial charge on any atom is -0.497 e. The number of hydrogen-bond donors (Lipinski definition) is 2. The van der Waals surface area contributed by atoms with Crippen molar-refractivity contribution in [2.24, 2.45) is 5.41 Å². The van der Waals surface area contributed by atoms with E-state index in [0.717, 1.165) is 25.9 Å². The Labute approximate surface area is 195 Å². The van der Waals surface area contributed by atoms with Crippen molar-refractivity contribution in [3.05, 3.63) is 59.7 Å². The van der Waals surface area contributed by atoms with E-state index in [1.807, 2.05) is 25.7 Å². The van der Waals surface area contributed by atoms with Crippen molar-refractivity contribution < 1.29 is 19.1 Å². The van der Waals surface area contributed by atoms with Gasteiger partial charge in [-0.3, -0.25) is 14.4 Å². The van der Waals surface area contributed by atoms with Crippen molar-refractivity contribution in [1.82, 2.24) is 10.2 Å². The third kappa shape index (κ3) is 6.57. The molecule has 2 aromatic carbocycles. The number of benzene rings is 2. The molecule has 0 aliphatic carbocycles. The first-order chi connectivity index (χ1) is 15.7. The molecule has 3 rings (SSSR count). The third-order valence-electron chi connectivity index (χ3n) is 5.61. The summed E-state index contributed by atoms with van der Waals surface area (Å²) in [7, 11) is 1.56. The summed E-state index contributed by atoms with van der Waals surface area (Å²) in [4.78, 5) is 40.9. The molecular weight excluding hydrogens is 418 g/mol. The Kier molecular flexibility index (Phi) is 7.74.